The van der Waals surface area contributed by atoms with Crippen molar-refractivity contribution in [2.75, 3.05) is 19.0 Å². The summed E-state index contributed by atoms with van der Waals surface area (Å²) in [6.07, 6.45) is 1.82. The van der Waals surface area contributed by atoms with Gasteiger partial charge >= 0.3 is 0 Å². The van der Waals surface area contributed by atoms with Crippen LogP contribution in [0.2, 0.25) is 0 Å². The summed E-state index contributed by atoms with van der Waals surface area (Å²) < 4.78 is 18.2. The number of hydrogen-bond acceptors (Lipinski definition) is 3. The molecule has 5 heteroatoms. The van der Waals surface area contributed by atoms with E-state index in [9.17, 15) is 9.18 Å². The molecule has 2 N–H and O–H groups in total. The molecule has 1 aromatic carbocycles. The van der Waals surface area contributed by atoms with Gasteiger partial charge in [-0.15, -0.1) is 0 Å². The first-order valence-corrected chi connectivity index (χ1v) is 5.58. The molecule has 0 saturated carbocycles. The SMILES string of the molecule is COc1ccc(NC(=O)[C@H]2CCCN2)cc1F. The molecule has 0 spiro atoms. The Hall–Kier alpha value is -1.62. The van der Waals surface area contributed by atoms with Gasteiger partial charge in [0.15, 0.2) is 11.6 Å². The van der Waals surface area contributed by atoms with Crippen molar-refractivity contribution in [2.45, 2.75) is 18.9 Å². The van der Waals surface area contributed by atoms with Gasteiger partial charge in [-0.1, -0.05) is 0 Å². The second-order valence-electron chi connectivity index (χ2n) is 3.99. The summed E-state index contributed by atoms with van der Waals surface area (Å²) in [6, 6.07) is 4.20. The van der Waals surface area contributed by atoms with E-state index in [1.54, 1.807) is 6.07 Å². The van der Waals surface area contributed by atoms with Crippen LogP contribution in [0.1, 0.15) is 12.8 Å². The molecule has 1 fully saturated rings. The molecule has 0 aliphatic carbocycles. The van der Waals surface area contributed by atoms with Crippen LogP contribution in [-0.2, 0) is 4.79 Å². The largest absolute Gasteiger partial charge is 0.494 e. The minimum atomic E-state index is -0.482. The van der Waals surface area contributed by atoms with E-state index < -0.39 is 5.82 Å². The summed E-state index contributed by atoms with van der Waals surface area (Å²) in [5.41, 5.74) is 0.446. The Morgan fingerprint density at radius 2 is 2.41 bits per heavy atom. The number of amides is 1. The molecule has 1 aliphatic heterocycles. The van der Waals surface area contributed by atoms with E-state index in [1.165, 1.54) is 19.2 Å². The normalized spacial score (nSPS) is 19.1. The highest BCUT2D eigenvalue weighted by Crippen LogP contribution is 2.21. The average molecular weight is 238 g/mol. The first kappa shape index (κ1) is 11.9. The quantitative estimate of drug-likeness (QED) is 0.839. The van der Waals surface area contributed by atoms with Gasteiger partial charge in [-0.2, -0.15) is 0 Å². The van der Waals surface area contributed by atoms with Crippen LogP contribution in [0, 0.1) is 5.82 Å². The maximum Gasteiger partial charge on any atom is 0.241 e. The molecule has 4 nitrogen and oxygen atoms in total. The fourth-order valence-electron chi connectivity index (χ4n) is 1.88. The third-order valence-corrected chi connectivity index (χ3v) is 2.80. The zero-order valence-electron chi connectivity index (χ0n) is 9.63. The van der Waals surface area contributed by atoms with Crippen molar-refractivity contribution in [3.8, 4) is 5.75 Å². The van der Waals surface area contributed by atoms with Crippen LogP contribution < -0.4 is 15.4 Å². The molecular formula is C12H15FN2O2. The number of methoxy groups -OCH3 is 1. The molecular weight excluding hydrogens is 223 g/mol. The first-order chi connectivity index (χ1) is 8.20. The van der Waals surface area contributed by atoms with Gasteiger partial charge in [0, 0.05) is 11.8 Å². The predicted octanol–water partition coefficient (Wildman–Crippen LogP) is 1.52. The smallest absolute Gasteiger partial charge is 0.241 e. The van der Waals surface area contributed by atoms with Crippen molar-refractivity contribution >= 4 is 11.6 Å². The number of benzene rings is 1. The highest BCUT2D eigenvalue weighted by molar-refractivity contribution is 5.95. The third-order valence-electron chi connectivity index (χ3n) is 2.80. The highest BCUT2D eigenvalue weighted by atomic mass is 19.1. The van der Waals surface area contributed by atoms with E-state index in [0.717, 1.165) is 19.4 Å². The van der Waals surface area contributed by atoms with Gasteiger partial charge in [0.1, 0.15) is 0 Å². The lowest BCUT2D eigenvalue weighted by atomic mass is 10.2. The van der Waals surface area contributed by atoms with E-state index in [1.807, 2.05) is 0 Å². The number of ether oxygens (including phenoxy) is 1. The summed E-state index contributed by atoms with van der Waals surface area (Å²) in [6.45, 7) is 0.856. The number of carbonyl (C=O) groups is 1. The maximum absolute atomic E-state index is 13.4. The van der Waals surface area contributed by atoms with Gasteiger partial charge < -0.3 is 15.4 Å². The molecule has 1 saturated heterocycles. The molecule has 1 aromatic rings. The zero-order valence-corrected chi connectivity index (χ0v) is 9.63. The summed E-state index contributed by atoms with van der Waals surface area (Å²) in [7, 11) is 1.40. The lowest BCUT2D eigenvalue weighted by Gasteiger charge is -2.11. The maximum atomic E-state index is 13.4. The molecule has 0 radical (unpaired) electrons. The summed E-state index contributed by atoms with van der Waals surface area (Å²) in [5.74, 6) is -0.432. The summed E-state index contributed by atoms with van der Waals surface area (Å²) >= 11 is 0. The van der Waals surface area contributed by atoms with Crippen LogP contribution in [0.5, 0.6) is 5.75 Å². The number of carbonyl (C=O) groups excluding carboxylic acids is 1. The monoisotopic (exact) mass is 238 g/mol. The number of anilines is 1. The fraction of sp³-hybridized carbons (Fsp3) is 0.417. The van der Waals surface area contributed by atoms with Crippen LogP contribution >= 0.6 is 0 Å². The Bertz CT molecular complexity index is 417. The highest BCUT2D eigenvalue weighted by Gasteiger charge is 2.22. The van der Waals surface area contributed by atoms with Crippen molar-refractivity contribution in [2.24, 2.45) is 0 Å². The lowest BCUT2D eigenvalue weighted by Crippen LogP contribution is -2.35. The number of halogens is 1. The van der Waals surface area contributed by atoms with Gasteiger partial charge in [0.2, 0.25) is 5.91 Å². The van der Waals surface area contributed by atoms with E-state index in [0.29, 0.717) is 5.69 Å². The number of nitrogens with one attached hydrogen (secondary N) is 2. The Labute approximate surface area is 99.2 Å². The molecule has 1 atom stereocenters. The standard InChI is InChI=1S/C12H15FN2O2/c1-17-11-5-4-8(7-9(11)13)15-12(16)10-3-2-6-14-10/h4-5,7,10,14H,2-3,6H2,1H3,(H,15,16)/t10-/m1/s1. The second-order valence-corrected chi connectivity index (χ2v) is 3.99. The van der Waals surface area contributed by atoms with Gasteiger partial charge in [-0.05, 0) is 31.5 Å². The van der Waals surface area contributed by atoms with Crippen LogP contribution in [0.4, 0.5) is 10.1 Å². The van der Waals surface area contributed by atoms with Crippen LogP contribution in [0.3, 0.4) is 0 Å². The van der Waals surface area contributed by atoms with Gasteiger partial charge in [-0.3, -0.25) is 4.79 Å². The summed E-state index contributed by atoms with van der Waals surface area (Å²) in [5, 5.41) is 5.76. The molecule has 0 bridgehead atoms. The molecule has 92 valence electrons. The van der Waals surface area contributed by atoms with Crippen molar-refractivity contribution in [3.63, 3.8) is 0 Å². The lowest BCUT2D eigenvalue weighted by molar-refractivity contribution is -0.117. The molecule has 2 rings (SSSR count). The fourth-order valence-corrected chi connectivity index (χ4v) is 1.88. The first-order valence-electron chi connectivity index (χ1n) is 5.58. The molecule has 0 unspecified atom stereocenters. The van der Waals surface area contributed by atoms with Gasteiger partial charge in [0.05, 0.1) is 13.2 Å². The van der Waals surface area contributed by atoms with E-state index >= 15 is 0 Å². The Balaban J connectivity index is 2.03. The van der Waals surface area contributed by atoms with Crippen molar-refractivity contribution < 1.29 is 13.9 Å². The molecule has 1 aliphatic rings. The second kappa shape index (κ2) is 5.14. The van der Waals surface area contributed by atoms with E-state index in [2.05, 4.69) is 10.6 Å². The average Bonchev–Trinajstić information content (AvgIpc) is 2.82. The molecule has 17 heavy (non-hydrogen) atoms. The van der Waals surface area contributed by atoms with E-state index in [-0.39, 0.29) is 17.7 Å². The molecule has 1 amide bonds. The van der Waals surface area contributed by atoms with Crippen LogP contribution in [0.15, 0.2) is 18.2 Å². The minimum absolute atomic E-state index is 0.118. The Morgan fingerprint density at radius 1 is 1.59 bits per heavy atom. The van der Waals surface area contributed by atoms with E-state index in [4.69, 9.17) is 4.74 Å². The predicted molar refractivity (Wildman–Crippen MR) is 62.6 cm³/mol. The van der Waals surface area contributed by atoms with Gasteiger partial charge in [-0.25, -0.2) is 4.39 Å². The van der Waals surface area contributed by atoms with Crippen LogP contribution in [0.25, 0.3) is 0 Å². The molecule has 0 aromatic heterocycles. The molecule has 1 heterocycles. The van der Waals surface area contributed by atoms with Crippen LogP contribution in [-0.4, -0.2) is 25.6 Å². The van der Waals surface area contributed by atoms with Crippen molar-refractivity contribution in [3.05, 3.63) is 24.0 Å². The third kappa shape index (κ3) is 2.74. The topological polar surface area (TPSA) is 50.4 Å². The summed E-state index contributed by atoms with van der Waals surface area (Å²) in [4.78, 5) is 11.8. The minimum Gasteiger partial charge on any atom is -0.494 e. The Kier molecular flexibility index (Phi) is 3.58. The van der Waals surface area contributed by atoms with Crippen molar-refractivity contribution in [1.29, 1.82) is 0 Å². The zero-order chi connectivity index (χ0) is 12.3. The Morgan fingerprint density at radius 3 is 3.00 bits per heavy atom. The van der Waals surface area contributed by atoms with Gasteiger partial charge in [0.25, 0.3) is 0 Å². The van der Waals surface area contributed by atoms with Crippen molar-refractivity contribution in [1.82, 2.24) is 5.32 Å². The number of rotatable bonds is 3. The number of hydrogen-bond donors (Lipinski definition) is 2.